The zero-order valence-corrected chi connectivity index (χ0v) is 15.7. The summed E-state index contributed by atoms with van der Waals surface area (Å²) in [5.41, 5.74) is 3.67. The first-order valence-corrected chi connectivity index (χ1v) is 8.68. The van der Waals surface area contributed by atoms with Gasteiger partial charge in [-0.2, -0.15) is 5.10 Å². The lowest BCUT2D eigenvalue weighted by atomic mass is 10.2. The van der Waals surface area contributed by atoms with E-state index in [9.17, 15) is 9.90 Å². The number of aromatic hydroxyl groups is 1. The van der Waals surface area contributed by atoms with E-state index in [-0.39, 0.29) is 17.4 Å². The average Bonchev–Trinajstić information content (AvgIpc) is 2.64. The number of hydrogen-bond acceptors (Lipinski definition) is 5. The van der Waals surface area contributed by atoms with E-state index in [0.717, 1.165) is 5.39 Å². The second-order valence-corrected chi connectivity index (χ2v) is 6.51. The minimum Gasteiger partial charge on any atom is -0.505 e. The van der Waals surface area contributed by atoms with Gasteiger partial charge in [0.05, 0.1) is 15.7 Å². The Morgan fingerprint density at radius 2 is 2.15 bits per heavy atom. The first-order valence-electron chi connectivity index (χ1n) is 7.51. The predicted octanol–water partition coefficient (Wildman–Crippen LogP) is 3.89. The van der Waals surface area contributed by atoms with Gasteiger partial charge in [-0.25, -0.2) is 5.43 Å². The summed E-state index contributed by atoms with van der Waals surface area (Å²) in [5, 5.41) is 14.5. The van der Waals surface area contributed by atoms with Gasteiger partial charge in [-0.05, 0) is 45.8 Å². The topological polar surface area (TPSA) is 83.8 Å². The number of fused-ring (bicyclic) bond motifs is 1. The molecule has 3 aromatic rings. The molecule has 0 unspecified atom stereocenters. The molecule has 1 aromatic heterocycles. The largest absolute Gasteiger partial charge is 0.505 e. The Morgan fingerprint density at radius 1 is 1.35 bits per heavy atom. The van der Waals surface area contributed by atoms with Crippen LogP contribution in [0.5, 0.6) is 11.5 Å². The summed E-state index contributed by atoms with van der Waals surface area (Å²) < 4.78 is 5.96. The Hall–Kier alpha value is -2.64. The number of phenols is 1. The third-order valence-electron chi connectivity index (χ3n) is 3.40. The summed E-state index contributed by atoms with van der Waals surface area (Å²) in [6, 6.07) is 12.4. The Labute approximate surface area is 162 Å². The average molecular weight is 435 g/mol. The van der Waals surface area contributed by atoms with Gasteiger partial charge < -0.3 is 9.84 Å². The second kappa shape index (κ2) is 8.16. The summed E-state index contributed by atoms with van der Waals surface area (Å²) in [4.78, 5) is 16.1. The normalized spacial score (nSPS) is 11.0. The van der Waals surface area contributed by atoms with Crippen molar-refractivity contribution in [2.75, 3.05) is 6.61 Å². The fourth-order valence-corrected chi connectivity index (χ4v) is 3.03. The van der Waals surface area contributed by atoms with Crippen LogP contribution in [0, 0.1) is 0 Å². The smallest absolute Gasteiger partial charge is 0.277 e. The number of benzene rings is 2. The number of nitrogens with zero attached hydrogens (tertiary/aromatic N) is 2. The van der Waals surface area contributed by atoms with Gasteiger partial charge in [0.25, 0.3) is 5.91 Å². The van der Waals surface area contributed by atoms with E-state index in [4.69, 9.17) is 16.3 Å². The van der Waals surface area contributed by atoms with E-state index in [0.29, 0.717) is 21.3 Å². The minimum atomic E-state index is -0.418. The molecule has 1 heterocycles. The molecule has 132 valence electrons. The quantitative estimate of drug-likeness (QED) is 0.471. The highest BCUT2D eigenvalue weighted by Gasteiger charge is 2.07. The van der Waals surface area contributed by atoms with Gasteiger partial charge in [-0.15, -0.1) is 0 Å². The molecule has 1 amide bonds. The number of aromatic nitrogens is 1. The highest BCUT2D eigenvalue weighted by molar-refractivity contribution is 9.10. The maximum Gasteiger partial charge on any atom is 0.277 e. The van der Waals surface area contributed by atoms with Gasteiger partial charge >= 0.3 is 0 Å². The molecule has 0 aliphatic rings. The molecule has 0 atom stereocenters. The number of carbonyl (C=O) groups is 1. The summed E-state index contributed by atoms with van der Waals surface area (Å²) in [5.74, 6) is 0.0551. The second-order valence-electron chi connectivity index (χ2n) is 5.25. The number of rotatable bonds is 5. The molecule has 6 nitrogen and oxygen atoms in total. The Balaban J connectivity index is 1.59. The number of phenolic OH excluding ortho intramolecular Hbond substituents is 1. The molecule has 0 fully saturated rings. The van der Waals surface area contributed by atoms with Crippen molar-refractivity contribution in [2.24, 2.45) is 5.10 Å². The van der Waals surface area contributed by atoms with E-state index in [1.807, 2.05) is 24.3 Å². The predicted molar refractivity (Wildman–Crippen MR) is 104 cm³/mol. The molecule has 2 aromatic carbocycles. The molecule has 3 rings (SSSR count). The SMILES string of the molecule is O=C(COc1cccc2cccnc12)N/N=C/c1cc(Cl)c(O)c(Br)c1. The summed E-state index contributed by atoms with van der Waals surface area (Å²) in [7, 11) is 0. The molecular weight excluding hydrogens is 422 g/mol. The molecule has 0 aliphatic heterocycles. The number of amides is 1. The van der Waals surface area contributed by atoms with Crippen molar-refractivity contribution in [2.45, 2.75) is 0 Å². The first kappa shape index (κ1) is 18.2. The molecule has 8 heteroatoms. The van der Waals surface area contributed by atoms with Gasteiger partial charge in [0.15, 0.2) is 6.61 Å². The lowest BCUT2D eigenvalue weighted by Crippen LogP contribution is -2.24. The monoisotopic (exact) mass is 433 g/mol. The van der Waals surface area contributed by atoms with Gasteiger partial charge in [-0.1, -0.05) is 29.8 Å². The zero-order chi connectivity index (χ0) is 18.5. The molecule has 0 saturated carbocycles. The molecule has 26 heavy (non-hydrogen) atoms. The van der Waals surface area contributed by atoms with Crippen molar-refractivity contribution in [3.8, 4) is 11.5 Å². The fraction of sp³-hybridized carbons (Fsp3) is 0.0556. The lowest BCUT2D eigenvalue weighted by molar-refractivity contribution is -0.123. The van der Waals surface area contributed by atoms with Crippen LogP contribution in [-0.2, 0) is 4.79 Å². The van der Waals surface area contributed by atoms with Crippen molar-refractivity contribution >= 4 is 50.6 Å². The Kier molecular flexibility index (Phi) is 5.70. The summed E-state index contributed by atoms with van der Waals surface area (Å²) in [6.45, 7) is -0.201. The van der Waals surface area contributed by atoms with Crippen LogP contribution >= 0.6 is 27.5 Å². The zero-order valence-electron chi connectivity index (χ0n) is 13.3. The number of para-hydroxylation sites is 1. The fourth-order valence-electron chi connectivity index (χ4n) is 2.21. The highest BCUT2D eigenvalue weighted by Crippen LogP contribution is 2.32. The Morgan fingerprint density at radius 3 is 2.96 bits per heavy atom. The van der Waals surface area contributed by atoms with Crippen LogP contribution in [0.1, 0.15) is 5.56 Å². The number of hydrogen-bond donors (Lipinski definition) is 2. The maximum absolute atomic E-state index is 11.9. The number of pyridine rings is 1. The minimum absolute atomic E-state index is 0.0510. The number of carbonyl (C=O) groups excluding carboxylic acids is 1. The molecule has 2 N–H and O–H groups in total. The molecule has 0 bridgehead atoms. The molecule has 0 aliphatic carbocycles. The van der Waals surface area contributed by atoms with Crippen LogP contribution in [-0.4, -0.2) is 28.8 Å². The molecular formula is C18H13BrClN3O3. The Bertz CT molecular complexity index is 966. The number of halogens is 2. The van der Waals surface area contributed by atoms with Crippen molar-refractivity contribution in [3.63, 3.8) is 0 Å². The van der Waals surface area contributed by atoms with Gasteiger partial charge in [0, 0.05) is 11.6 Å². The first-order chi connectivity index (χ1) is 12.5. The highest BCUT2D eigenvalue weighted by atomic mass is 79.9. The van der Waals surface area contributed by atoms with Crippen molar-refractivity contribution < 1.29 is 14.6 Å². The van der Waals surface area contributed by atoms with Crippen molar-refractivity contribution in [3.05, 3.63) is 63.7 Å². The van der Waals surface area contributed by atoms with E-state index in [1.54, 1.807) is 18.3 Å². The lowest BCUT2D eigenvalue weighted by Gasteiger charge is -2.07. The van der Waals surface area contributed by atoms with Crippen molar-refractivity contribution in [1.29, 1.82) is 0 Å². The summed E-state index contributed by atoms with van der Waals surface area (Å²) in [6.07, 6.45) is 3.08. The number of nitrogens with one attached hydrogen (secondary N) is 1. The van der Waals surface area contributed by atoms with Crippen LogP contribution in [0.15, 0.2) is 58.2 Å². The molecule has 0 radical (unpaired) electrons. The standard InChI is InChI=1S/C18H13BrClN3O3/c19-13-7-11(8-14(20)18(13)25)9-22-23-16(24)10-26-15-5-1-3-12-4-2-6-21-17(12)15/h1-9,25H,10H2,(H,23,24)/b22-9+. The van der Waals surface area contributed by atoms with Crippen LogP contribution in [0.3, 0.4) is 0 Å². The van der Waals surface area contributed by atoms with Gasteiger partial charge in [-0.3, -0.25) is 9.78 Å². The van der Waals surface area contributed by atoms with E-state index < -0.39 is 5.91 Å². The number of ether oxygens (including phenoxy) is 1. The van der Waals surface area contributed by atoms with Crippen LogP contribution in [0.25, 0.3) is 10.9 Å². The van der Waals surface area contributed by atoms with Gasteiger partial charge in [0.2, 0.25) is 0 Å². The third kappa shape index (κ3) is 4.30. The maximum atomic E-state index is 11.9. The van der Waals surface area contributed by atoms with E-state index in [2.05, 4.69) is 31.4 Å². The number of hydrazone groups is 1. The van der Waals surface area contributed by atoms with Crippen molar-refractivity contribution in [1.82, 2.24) is 10.4 Å². The summed E-state index contributed by atoms with van der Waals surface area (Å²) >= 11 is 9.05. The van der Waals surface area contributed by atoms with E-state index >= 15 is 0 Å². The van der Waals surface area contributed by atoms with Crippen LogP contribution < -0.4 is 10.2 Å². The molecule has 0 spiro atoms. The van der Waals surface area contributed by atoms with Gasteiger partial charge in [0.1, 0.15) is 17.0 Å². The van der Waals surface area contributed by atoms with E-state index in [1.165, 1.54) is 12.3 Å². The van der Waals surface area contributed by atoms with Crippen LogP contribution in [0.2, 0.25) is 5.02 Å². The van der Waals surface area contributed by atoms with Crippen LogP contribution in [0.4, 0.5) is 0 Å². The molecule has 0 saturated heterocycles. The third-order valence-corrected chi connectivity index (χ3v) is 4.29.